The van der Waals surface area contributed by atoms with Crippen LogP contribution in [0, 0.1) is 5.82 Å². The van der Waals surface area contributed by atoms with E-state index in [0.29, 0.717) is 11.4 Å². The molecule has 0 fully saturated rings. The summed E-state index contributed by atoms with van der Waals surface area (Å²) in [4.78, 5) is 12.2. The van der Waals surface area contributed by atoms with Crippen LogP contribution in [0.25, 0.3) is 6.08 Å². The summed E-state index contributed by atoms with van der Waals surface area (Å²) in [7, 11) is 1.60. The van der Waals surface area contributed by atoms with Gasteiger partial charge in [0.05, 0.1) is 12.8 Å². The predicted molar refractivity (Wildman–Crippen MR) is 104 cm³/mol. The minimum atomic E-state index is -0.474. The van der Waals surface area contributed by atoms with E-state index in [0.717, 1.165) is 11.3 Å². The maximum absolute atomic E-state index is 13.8. The first-order chi connectivity index (χ1) is 13.2. The van der Waals surface area contributed by atoms with Gasteiger partial charge in [0, 0.05) is 6.08 Å². The standard InChI is InChI=1S/C22H18FNO3/c1-26-17-13-10-16(11-14-17)12-15-22(25)24-19-7-3-5-9-21(19)27-20-8-4-2-6-18(20)23/h2-15H,1H3,(H,24,25). The molecule has 0 bridgehead atoms. The minimum Gasteiger partial charge on any atom is -0.497 e. The van der Waals surface area contributed by atoms with Gasteiger partial charge < -0.3 is 14.8 Å². The molecule has 0 radical (unpaired) electrons. The zero-order valence-corrected chi connectivity index (χ0v) is 14.7. The van der Waals surface area contributed by atoms with Gasteiger partial charge in [-0.05, 0) is 48.0 Å². The quantitative estimate of drug-likeness (QED) is 0.606. The van der Waals surface area contributed by atoms with Crippen LogP contribution in [-0.4, -0.2) is 13.0 Å². The van der Waals surface area contributed by atoms with Crippen molar-refractivity contribution in [3.05, 3.63) is 90.3 Å². The first-order valence-electron chi connectivity index (χ1n) is 8.30. The molecule has 0 saturated heterocycles. The molecule has 136 valence electrons. The van der Waals surface area contributed by atoms with Crippen LogP contribution in [0.1, 0.15) is 5.56 Å². The summed E-state index contributed by atoms with van der Waals surface area (Å²) in [6.07, 6.45) is 3.11. The SMILES string of the molecule is COc1ccc(C=CC(=O)Nc2ccccc2Oc2ccccc2F)cc1. The van der Waals surface area contributed by atoms with Crippen molar-refractivity contribution in [2.24, 2.45) is 0 Å². The monoisotopic (exact) mass is 363 g/mol. The first kappa shape index (κ1) is 18.2. The van der Waals surface area contributed by atoms with E-state index in [9.17, 15) is 9.18 Å². The van der Waals surface area contributed by atoms with Crippen LogP contribution >= 0.6 is 0 Å². The second-order valence-corrected chi connectivity index (χ2v) is 5.62. The van der Waals surface area contributed by atoms with E-state index < -0.39 is 5.82 Å². The number of hydrogen-bond acceptors (Lipinski definition) is 3. The number of amides is 1. The number of rotatable bonds is 6. The Labute approximate surface area is 156 Å². The number of para-hydroxylation sites is 3. The number of halogens is 1. The van der Waals surface area contributed by atoms with E-state index in [-0.39, 0.29) is 11.7 Å². The Balaban J connectivity index is 1.70. The third kappa shape index (κ3) is 4.95. The third-order valence-corrected chi connectivity index (χ3v) is 3.74. The van der Waals surface area contributed by atoms with Gasteiger partial charge in [-0.15, -0.1) is 0 Å². The second kappa shape index (κ2) is 8.67. The average molecular weight is 363 g/mol. The van der Waals surface area contributed by atoms with Gasteiger partial charge in [-0.2, -0.15) is 0 Å². The summed E-state index contributed by atoms with van der Waals surface area (Å²) in [6.45, 7) is 0. The molecule has 3 aromatic rings. The molecule has 0 heterocycles. The lowest BCUT2D eigenvalue weighted by atomic mass is 10.2. The van der Waals surface area contributed by atoms with Crippen molar-refractivity contribution in [3.8, 4) is 17.2 Å². The van der Waals surface area contributed by atoms with Gasteiger partial charge in [0.1, 0.15) is 5.75 Å². The lowest BCUT2D eigenvalue weighted by Gasteiger charge is -2.11. The molecule has 0 saturated carbocycles. The molecule has 1 amide bonds. The molecule has 0 aliphatic carbocycles. The molecular weight excluding hydrogens is 345 g/mol. The minimum absolute atomic E-state index is 0.0907. The van der Waals surface area contributed by atoms with E-state index in [2.05, 4.69) is 5.32 Å². The van der Waals surface area contributed by atoms with Crippen LogP contribution < -0.4 is 14.8 Å². The number of methoxy groups -OCH3 is 1. The number of carbonyl (C=O) groups is 1. The molecule has 3 aromatic carbocycles. The fourth-order valence-corrected chi connectivity index (χ4v) is 2.37. The largest absolute Gasteiger partial charge is 0.497 e. The molecule has 0 unspecified atom stereocenters. The van der Waals surface area contributed by atoms with E-state index in [1.165, 1.54) is 18.2 Å². The summed E-state index contributed by atoms with van der Waals surface area (Å²) in [5.41, 5.74) is 1.31. The molecule has 27 heavy (non-hydrogen) atoms. The fourth-order valence-electron chi connectivity index (χ4n) is 2.37. The third-order valence-electron chi connectivity index (χ3n) is 3.74. The zero-order chi connectivity index (χ0) is 19.1. The smallest absolute Gasteiger partial charge is 0.248 e. The van der Waals surface area contributed by atoms with Crippen LogP contribution in [0.5, 0.6) is 17.2 Å². The fraction of sp³-hybridized carbons (Fsp3) is 0.0455. The molecule has 4 nitrogen and oxygen atoms in total. The highest BCUT2D eigenvalue weighted by molar-refractivity contribution is 6.02. The van der Waals surface area contributed by atoms with Crippen molar-refractivity contribution in [2.45, 2.75) is 0 Å². The van der Waals surface area contributed by atoms with Gasteiger partial charge in [0.2, 0.25) is 5.91 Å². The number of benzene rings is 3. The Hall–Kier alpha value is -3.60. The van der Waals surface area contributed by atoms with Crippen molar-refractivity contribution in [2.75, 3.05) is 12.4 Å². The van der Waals surface area contributed by atoms with E-state index in [1.54, 1.807) is 49.6 Å². The summed E-state index contributed by atoms with van der Waals surface area (Å²) in [6, 6.07) is 20.3. The van der Waals surface area contributed by atoms with Gasteiger partial charge in [0.15, 0.2) is 17.3 Å². The predicted octanol–water partition coefficient (Wildman–Crippen LogP) is 5.28. The van der Waals surface area contributed by atoms with Crippen LogP contribution in [0.3, 0.4) is 0 Å². The molecular formula is C22H18FNO3. The van der Waals surface area contributed by atoms with Crippen LogP contribution in [0.15, 0.2) is 78.9 Å². The highest BCUT2D eigenvalue weighted by Crippen LogP contribution is 2.30. The molecule has 5 heteroatoms. The maximum atomic E-state index is 13.8. The zero-order valence-electron chi connectivity index (χ0n) is 14.7. The summed E-state index contributed by atoms with van der Waals surface area (Å²) in [5, 5.41) is 2.75. The first-order valence-corrected chi connectivity index (χ1v) is 8.30. The molecule has 0 aliphatic rings. The Morgan fingerprint density at radius 1 is 0.926 bits per heavy atom. The summed E-state index contributed by atoms with van der Waals surface area (Å²) < 4.78 is 24.5. The second-order valence-electron chi connectivity index (χ2n) is 5.62. The average Bonchev–Trinajstić information content (AvgIpc) is 2.70. The Morgan fingerprint density at radius 2 is 1.59 bits per heavy atom. The topological polar surface area (TPSA) is 47.6 Å². The van der Waals surface area contributed by atoms with Crippen molar-refractivity contribution < 1.29 is 18.7 Å². The molecule has 0 spiro atoms. The molecule has 0 atom stereocenters. The van der Waals surface area contributed by atoms with Gasteiger partial charge in [-0.3, -0.25) is 4.79 Å². The summed E-state index contributed by atoms with van der Waals surface area (Å²) in [5.74, 6) is 0.394. The lowest BCUT2D eigenvalue weighted by molar-refractivity contribution is -0.111. The van der Waals surface area contributed by atoms with Crippen molar-refractivity contribution in [1.29, 1.82) is 0 Å². The number of anilines is 1. The Morgan fingerprint density at radius 3 is 2.30 bits per heavy atom. The highest BCUT2D eigenvalue weighted by atomic mass is 19.1. The van der Waals surface area contributed by atoms with E-state index in [1.807, 2.05) is 24.3 Å². The molecule has 0 aromatic heterocycles. The molecule has 0 aliphatic heterocycles. The normalized spacial score (nSPS) is 10.6. The molecule has 1 N–H and O–H groups in total. The number of ether oxygens (including phenoxy) is 2. The van der Waals surface area contributed by atoms with Gasteiger partial charge in [0.25, 0.3) is 0 Å². The van der Waals surface area contributed by atoms with Crippen LogP contribution in [-0.2, 0) is 4.79 Å². The van der Waals surface area contributed by atoms with Crippen molar-refractivity contribution >= 4 is 17.7 Å². The van der Waals surface area contributed by atoms with E-state index in [4.69, 9.17) is 9.47 Å². The Kier molecular flexibility index (Phi) is 5.84. The van der Waals surface area contributed by atoms with Gasteiger partial charge in [-0.1, -0.05) is 36.4 Å². The number of carbonyl (C=O) groups excluding carboxylic acids is 1. The Bertz CT molecular complexity index is 952. The maximum Gasteiger partial charge on any atom is 0.248 e. The van der Waals surface area contributed by atoms with Crippen molar-refractivity contribution in [3.63, 3.8) is 0 Å². The molecule has 3 rings (SSSR count). The van der Waals surface area contributed by atoms with Gasteiger partial charge in [-0.25, -0.2) is 4.39 Å². The van der Waals surface area contributed by atoms with Crippen LogP contribution in [0.4, 0.5) is 10.1 Å². The number of hydrogen-bond donors (Lipinski definition) is 1. The van der Waals surface area contributed by atoms with Crippen LogP contribution in [0.2, 0.25) is 0 Å². The lowest BCUT2D eigenvalue weighted by Crippen LogP contribution is -2.08. The number of nitrogens with one attached hydrogen (secondary N) is 1. The van der Waals surface area contributed by atoms with E-state index >= 15 is 0 Å². The van der Waals surface area contributed by atoms with Crippen molar-refractivity contribution in [1.82, 2.24) is 0 Å². The summed E-state index contributed by atoms with van der Waals surface area (Å²) >= 11 is 0. The van der Waals surface area contributed by atoms with Gasteiger partial charge >= 0.3 is 0 Å². The highest BCUT2D eigenvalue weighted by Gasteiger charge is 2.09.